The minimum absolute atomic E-state index is 0.517. The van der Waals surface area contributed by atoms with E-state index in [-0.39, 0.29) is 0 Å². The molecule has 0 rings (SSSR count). The summed E-state index contributed by atoms with van der Waals surface area (Å²) in [5, 5.41) is 9.79. The van der Waals surface area contributed by atoms with Crippen molar-refractivity contribution < 1.29 is 36.5 Å². The highest BCUT2D eigenvalue weighted by Gasteiger charge is 2.41. The molecule has 0 heterocycles. The highest BCUT2D eigenvalue weighted by atomic mass is 32.2. The van der Waals surface area contributed by atoms with Gasteiger partial charge in [0.2, 0.25) is 0 Å². The molecule has 0 aliphatic heterocycles. The van der Waals surface area contributed by atoms with Crippen molar-refractivity contribution in [2.45, 2.75) is 78.9 Å². The van der Waals surface area contributed by atoms with Gasteiger partial charge in [-0.25, -0.2) is 0 Å². The second-order valence-electron chi connectivity index (χ2n) is 7.61. The van der Waals surface area contributed by atoms with E-state index in [1.54, 1.807) is 11.8 Å². The second kappa shape index (κ2) is 20.1. The molecule has 12 heteroatoms. The van der Waals surface area contributed by atoms with E-state index in [4.69, 9.17) is 26.6 Å². The summed E-state index contributed by atoms with van der Waals surface area (Å²) in [5.74, 6) is 0.706. The number of hydrogen-bond donors (Lipinski definition) is 1. The molecule has 0 fully saturated rings. The minimum atomic E-state index is -2.76. The Hall–Kier alpha value is -0.0262. The number of rotatable bonds is 24. The molecule has 0 saturated carbocycles. The standard InChI is InChI=1S/C22H49NO8SSi2/c1-8-26-33(27-9-2,28-10-3)18-14-16-21(22(24)25)23(7)20-32-17-15-19-34(29-11-4,30-12-5)31-13-6/h21H,8-20H2,1-7H3,(H,24,25). The van der Waals surface area contributed by atoms with Gasteiger partial charge in [-0.1, -0.05) is 0 Å². The lowest BCUT2D eigenvalue weighted by Crippen LogP contribution is -2.46. The van der Waals surface area contributed by atoms with Crippen molar-refractivity contribution in [3.8, 4) is 0 Å². The molecule has 0 aliphatic carbocycles. The van der Waals surface area contributed by atoms with Crippen molar-refractivity contribution >= 4 is 35.3 Å². The van der Waals surface area contributed by atoms with Crippen molar-refractivity contribution in [2.24, 2.45) is 0 Å². The number of carboxylic acid groups (broad SMARTS) is 1. The first kappa shape index (κ1) is 34.0. The molecular weight excluding hydrogens is 494 g/mol. The number of nitrogens with zero attached hydrogens (tertiary/aromatic N) is 1. The van der Waals surface area contributed by atoms with Crippen molar-refractivity contribution in [3.05, 3.63) is 0 Å². The van der Waals surface area contributed by atoms with Crippen molar-refractivity contribution in [2.75, 3.05) is 58.3 Å². The normalized spacial score (nSPS) is 13.5. The Morgan fingerprint density at radius 3 is 1.50 bits per heavy atom. The van der Waals surface area contributed by atoms with E-state index in [1.807, 2.05) is 53.5 Å². The molecule has 34 heavy (non-hydrogen) atoms. The van der Waals surface area contributed by atoms with Crippen LogP contribution in [0.3, 0.4) is 0 Å². The lowest BCUT2D eigenvalue weighted by atomic mass is 10.1. The lowest BCUT2D eigenvalue weighted by molar-refractivity contribution is -0.142. The van der Waals surface area contributed by atoms with E-state index in [0.717, 1.165) is 18.2 Å². The van der Waals surface area contributed by atoms with Crippen LogP contribution in [0.1, 0.15) is 60.8 Å². The SMILES string of the molecule is CCO[Si](CCCSCN(C)C(CCC[Si](OCC)(OCC)OCC)C(=O)O)(OCC)OCC. The fraction of sp³-hybridized carbons (Fsp3) is 0.955. The summed E-state index contributed by atoms with van der Waals surface area (Å²) in [6, 6.07) is 0.820. The van der Waals surface area contributed by atoms with Gasteiger partial charge in [-0.15, -0.1) is 11.8 Å². The first-order valence-corrected chi connectivity index (χ1v) is 17.6. The van der Waals surface area contributed by atoms with Crippen molar-refractivity contribution in [1.29, 1.82) is 0 Å². The Balaban J connectivity index is 4.69. The maximum absolute atomic E-state index is 11.9. The molecule has 0 radical (unpaired) electrons. The predicted octanol–water partition coefficient (Wildman–Crippen LogP) is 4.33. The van der Waals surface area contributed by atoms with Gasteiger partial charge in [0.1, 0.15) is 6.04 Å². The average Bonchev–Trinajstić information content (AvgIpc) is 2.77. The third kappa shape index (κ3) is 13.3. The van der Waals surface area contributed by atoms with E-state index in [0.29, 0.717) is 64.4 Å². The molecule has 0 aromatic carbocycles. The number of likely N-dealkylation sites (N-methyl/N-ethyl adjacent to an activating group) is 1. The van der Waals surface area contributed by atoms with E-state index >= 15 is 0 Å². The van der Waals surface area contributed by atoms with Crippen LogP contribution in [0.4, 0.5) is 0 Å². The highest BCUT2D eigenvalue weighted by Crippen LogP contribution is 2.23. The van der Waals surface area contributed by atoms with E-state index < -0.39 is 29.6 Å². The van der Waals surface area contributed by atoms with Crippen LogP contribution in [0.5, 0.6) is 0 Å². The highest BCUT2D eigenvalue weighted by molar-refractivity contribution is 7.99. The summed E-state index contributed by atoms with van der Waals surface area (Å²) in [6.45, 7) is 14.9. The molecule has 0 aliphatic rings. The fourth-order valence-electron chi connectivity index (χ4n) is 3.74. The van der Waals surface area contributed by atoms with Gasteiger partial charge in [0.25, 0.3) is 0 Å². The monoisotopic (exact) mass is 543 g/mol. The zero-order chi connectivity index (χ0) is 25.9. The van der Waals surface area contributed by atoms with Crippen LogP contribution < -0.4 is 0 Å². The number of aliphatic carboxylic acids is 1. The molecule has 0 saturated heterocycles. The molecular formula is C22H49NO8SSi2. The smallest absolute Gasteiger partial charge is 0.480 e. The lowest BCUT2D eigenvalue weighted by Gasteiger charge is -2.30. The third-order valence-electron chi connectivity index (χ3n) is 5.03. The summed E-state index contributed by atoms with van der Waals surface area (Å²) in [4.78, 5) is 13.8. The second-order valence-corrected chi connectivity index (χ2v) is 14.1. The van der Waals surface area contributed by atoms with Crippen LogP contribution in [0.2, 0.25) is 12.1 Å². The van der Waals surface area contributed by atoms with Crippen molar-refractivity contribution in [1.82, 2.24) is 4.90 Å². The Morgan fingerprint density at radius 2 is 1.15 bits per heavy atom. The molecule has 9 nitrogen and oxygen atoms in total. The van der Waals surface area contributed by atoms with Crippen molar-refractivity contribution in [3.63, 3.8) is 0 Å². The molecule has 204 valence electrons. The number of carbonyl (C=O) groups is 1. The quantitative estimate of drug-likeness (QED) is 0.108. The van der Waals surface area contributed by atoms with Gasteiger partial charge in [-0.3, -0.25) is 9.69 Å². The van der Waals surface area contributed by atoms with Gasteiger partial charge in [0, 0.05) is 57.6 Å². The molecule has 1 N–H and O–H groups in total. The summed E-state index contributed by atoms with van der Waals surface area (Å²) in [6.07, 6.45) is 2.08. The van der Waals surface area contributed by atoms with Crippen LogP contribution in [-0.4, -0.2) is 97.9 Å². The topological polar surface area (TPSA) is 95.9 Å². The maximum Gasteiger partial charge on any atom is 0.500 e. The zero-order valence-corrected chi connectivity index (χ0v) is 25.2. The van der Waals surface area contributed by atoms with E-state index in [9.17, 15) is 9.90 Å². The minimum Gasteiger partial charge on any atom is -0.480 e. The zero-order valence-electron chi connectivity index (χ0n) is 22.4. The summed E-state index contributed by atoms with van der Waals surface area (Å²) < 4.78 is 35.4. The average molecular weight is 544 g/mol. The summed E-state index contributed by atoms with van der Waals surface area (Å²) in [5.41, 5.74) is 0. The molecule has 0 spiro atoms. The van der Waals surface area contributed by atoms with Gasteiger partial charge in [-0.05, 0) is 73.6 Å². The molecule has 0 aromatic rings. The molecule has 1 atom stereocenters. The molecule has 0 amide bonds. The van der Waals surface area contributed by atoms with E-state index in [2.05, 4.69) is 0 Å². The fourth-order valence-corrected chi connectivity index (χ4v) is 10.2. The summed E-state index contributed by atoms with van der Waals surface area (Å²) >= 11 is 1.72. The number of carboxylic acids is 1. The van der Waals surface area contributed by atoms with Gasteiger partial charge < -0.3 is 31.7 Å². The predicted molar refractivity (Wildman–Crippen MR) is 141 cm³/mol. The number of hydrogen-bond acceptors (Lipinski definition) is 9. The molecule has 0 bridgehead atoms. The van der Waals surface area contributed by atoms with Gasteiger partial charge in [0.05, 0.1) is 0 Å². The summed E-state index contributed by atoms with van der Waals surface area (Å²) in [7, 11) is -3.51. The van der Waals surface area contributed by atoms with E-state index in [1.165, 1.54) is 0 Å². The van der Waals surface area contributed by atoms with Crippen LogP contribution in [0.15, 0.2) is 0 Å². The Morgan fingerprint density at radius 1 is 0.765 bits per heavy atom. The van der Waals surface area contributed by atoms with Gasteiger partial charge >= 0.3 is 23.6 Å². The van der Waals surface area contributed by atoms with Crippen LogP contribution in [0.25, 0.3) is 0 Å². The largest absolute Gasteiger partial charge is 0.500 e. The third-order valence-corrected chi connectivity index (χ3v) is 12.5. The molecule has 0 aromatic heterocycles. The molecule has 1 unspecified atom stereocenters. The van der Waals surface area contributed by atoms with Crippen LogP contribution in [0, 0.1) is 0 Å². The Kier molecular flexibility index (Phi) is 20.1. The first-order chi connectivity index (χ1) is 16.3. The Bertz CT molecular complexity index is 487. The Labute approximate surface area is 213 Å². The van der Waals surface area contributed by atoms with Gasteiger partial charge in [0.15, 0.2) is 0 Å². The van der Waals surface area contributed by atoms with Crippen LogP contribution in [-0.2, 0) is 31.4 Å². The van der Waals surface area contributed by atoms with Crippen LogP contribution >= 0.6 is 11.8 Å². The maximum atomic E-state index is 11.9. The first-order valence-electron chi connectivity index (χ1n) is 12.6. The number of thioether (sulfide) groups is 1. The van der Waals surface area contributed by atoms with Gasteiger partial charge in [-0.2, -0.15) is 0 Å².